The topological polar surface area (TPSA) is 107 Å². The number of amides is 1. The Morgan fingerprint density at radius 1 is 1.26 bits per heavy atom. The number of ether oxygens (including phenoxy) is 1. The molecule has 0 bridgehead atoms. The van der Waals surface area contributed by atoms with Crippen molar-refractivity contribution in [2.24, 2.45) is 11.5 Å². The number of aromatic nitrogens is 2. The molecule has 1 fully saturated rings. The molecule has 0 unspecified atom stereocenters. The number of hydrogen-bond acceptors (Lipinski definition) is 6. The first-order valence-electron chi connectivity index (χ1n) is 9.21. The average Bonchev–Trinajstić information content (AvgIpc) is 3.15. The zero-order chi connectivity index (χ0) is 18.8. The van der Waals surface area contributed by atoms with Crippen LogP contribution in [0.5, 0.6) is 0 Å². The van der Waals surface area contributed by atoms with Crippen molar-refractivity contribution in [1.29, 1.82) is 0 Å². The number of primary amides is 1. The summed E-state index contributed by atoms with van der Waals surface area (Å²) in [5.41, 5.74) is 12.2. The predicted octanol–water partition coefficient (Wildman–Crippen LogP) is 1.83. The highest BCUT2D eigenvalue weighted by Crippen LogP contribution is 2.33. The number of hydrogen-bond donors (Lipinski definition) is 2. The monoisotopic (exact) mass is 365 g/mol. The molecule has 1 aromatic carbocycles. The van der Waals surface area contributed by atoms with Crippen LogP contribution in [0.4, 0.5) is 5.82 Å². The first-order valence-corrected chi connectivity index (χ1v) is 9.21. The zero-order valence-electron chi connectivity index (χ0n) is 15.1. The maximum absolute atomic E-state index is 11.6. The molecule has 0 spiro atoms. The van der Waals surface area contributed by atoms with Crippen molar-refractivity contribution in [1.82, 2.24) is 9.97 Å². The molecule has 7 heteroatoms. The Kier molecular flexibility index (Phi) is 4.87. The van der Waals surface area contributed by atoms with Crippen molar-refractivity contribution in [2.45, 2.75) is 18.9 Å². The Bertz CT molecular complexity index is 991. The number of rotatable bonds is 6. The SMILES string of the molecule is NCCCO[C@H]1CCN(c2nc3cc(C(N)=O)ccc3c3cnccc23)C1. The third kappa shape index (κ3) is 3.43. The lowest BCUT2D eigenvalue weighted by atomic mass is 10.1. The van der Waals surface area contributed by atoms with Gasteiger partial charge in [0.05, 0.1) is 11.6 Å². The van der Waals surface area contributed by atoms with Gasteiger partial charge in [0, 0.05) is 53.8 Å². The molecule has 1 amide bonds. The molecule has 4 rings (SSSR count). The summed E-state index contributed by atoms with van der Waals surface area (Å²) in [7, 11) is 0. The Morgan fingerprint density at radius 3 is 2.96 bits per heavy atom. The first-order chi connectivity index (χ1) is 13.2. The molecule has 27 heavy (non-hydrogen) atoms. The highest BCUT2D eigenvalue weighted by molar-refractivity contribution is 6.11. The second-order valence-electron chi connectivity index (χ2n) is 6.82. The van der Waals surface area contributed by atoms with Gasteiger partial charge in [-0.05, 0) is 37.6 Å². The fourth-order valence-corrected chi connectivity index (χ4v) is 3.61. The van der Waals surface area contributed by atoms with Crippen molar-refractivity contribution in [3.8, 4) is 0 Å². The Hall–Kier alpha value is -2.77. The minimum Gasteiger partial charge on any atom is -0.376 e. The minimum absolute atomic E-state index is 0.183. The van der Waals surface area contributed by atoms with Crippen LogP contribution in [0.2, 0.25) is 0 Å². The van der Waals surface area contributed by atoms with E-state index in [1.54, 1.807) is 18.3 Å². The molecule has 2 aromatic heterocycles. The normalized spacial score (nSPS) is 17.1. The van der Waals surface area contributed by atoms with Gasteiger partial charge in [0.15, 0.2) is 0 Å². The summed E-state index contributed by atoms with van der Waals surface area (Å²) in [4.78, 5) is 23.0. The molecule has 1 saturated heterocycles. The van der Waals surface area contributed by atoms with E-state index in [0.29, 0.717) is 18.7 Å². The van der Waals surface area contributed by atoms with Crippen molar-refractivity contribution < 1.29 is 9.53 Å². The number of carbonyl (C=O) groups is 1. The van der Waals surface area contributed by atoms with Crippen molar-refractivity contribution in [2.75, 3.05) is 31.1 Å². The molecule has 0 radical (unpaired) electrons. The summed E-state index contributed by atoms with van der Waals surface area (Å²) < 4.78 is 5.92. The molecule has 3 aromatic rings. The maximum Gasteiger partial charge on any atom is 0.248 e. The van der Waals surface area contributed by atoms with Gasteiger partial charge in [-0.2, -0.15) is 0 Å². The largest absolute Gasteiger partial charge is 0.376 e. The van der Waals surface area contributed by atoms with Crippen molar-refractivity contribution in [3.05, 3.63) is 42.2 Å². The first kappa shape index (κ1) is 17.6. The van der Waals surface area contributed by atoms with Crippen LogP contribution < -0.4 is 16.4 Å². The van der Waals surface area contributed by atoms with Crippen molar-refractivity contribution >= 4 is 33.4 Å². The van der Waals surface area contributed by atoms with Gasteiger partial charge < -0.3 is 21.1 Å². The van der Waals surface area contributed by atoms with Crippen LogP contribution in [0.15, 0.2) is 36.7 Å². The fraction of sp³-hybridized carbons (Fsp3) is 0.350. The average molecular weight is 365 g/mol. The third-order valence-electron chi connectivity index (χ3n) is 5.01. The maximum atomic E-state index is 11.6. The molecule has 1 atom stereocenters. The quantitative estimate of drug-likeness (QED) is 0.510. The van der Waals surface area contributed by atoms with Gasteiger partial charge in [0.25, 0.3) is 0 Å². The Morgan fingerprint density at radius 2 is 2.15 bits per heavy atom. The molecule has 4 N–H and O–H groups in total. The zero-order valence-corrected chi connectivity index (χ0v) is 15.1. The van der Waals surface area contributed by atoms with Crippen LogP contribution in [-0.2, 0) is 4.74 Å². The van der Waals surface area contributed by atoms with Crippen LogP contribution in [0.25, 0.3) is 21.7 Å². The summed E-state index contributed by atoms with van der Waals surface area (Å²) in [5.74, 6) is 0.438. The van der Waals surface area contributed by atoms with Crippen LogP contribution in [0.3, 0.4) is 0 Å². The molecule has 0 saturated carbocycles. The number of carbonyl (C=O) groups excluding carboxylic acids is 1. The van der Waals surface area contributed by atoms with Gasteiger partial charge in [0.2, 0.25) is 5.91 Å². The van der Waals surface area contributed by atoms with E-state index in [4.69, 9.17) is 21.2 Å². The van der Waals surface area contributed by atoms with Gasteiger partial charge in [-0.25, -0.2) is 4.98 Å². The lowest BCUT2D eigenvalue weighted by Crippen LogP contribution is -2.24. The second kappa shape index (κ2) is 7.46. The molecular formula is C20H23N5O2. The molecule has 3 heterocycles. The summed E-state index contributed by atoms with van der Waals surface area (Å²) >= 11 is 0. The number of benzene rings is 1. The molecule has 1 aliphatic heterocycles. The smallest absolute Gasteiger partial charge is 0.248 e. The van der Waals surface area contributed by atoms with E-state index in [-0.39, 0.29) is 6.10 Å². The minimum atomic E-state index is -0.457. The molecular weight excluding hydrogens is 342 g/mol. The van der Waals surface area contributed by atoms with E-state index in [2.05, 4.69) is 9.88 Å². The summed E-state index contributed by atoms with van der Waals surface area (Å²) in [6.45, 7) is 2.99. The van der Waals surface area contributed by atoms with Gasteiger partial charge in [-0.15, -0.1) is 0 Å². The summed E-state index contributed by atoms with van der Waals surface area (Å²) in [5, 5.41) is 3.02. The highest BCUT2D eigenvalue weighted by Gasteiger charge is 2.26. The second-order valence-corrected chi connectivity index (χ2v) is 6.82. The van der Waals surface area contributed by atoms with Gasteiger partial charge in [-0.1, -0.05) is 6.07 Å². The summed E-state index contributed by atoms with van der Waals surface area (Å²) in [6.07, 6.45) is 5.64. The molecule has 140 valence electrons. The molecule has 7 nitrogen and oxygen atoms in total. The van der Waals surface area contributed by atoms with Crippen LogP contribution in [0, 0.1) is 0 Å². The number of fused-ring (bicyclic) bond motifs is 3. The van der Waals surface area contributed by atoms with E-state index in [1.165, 1.54) is 0 Å². The van der Waals surface area contributed by atoms with Crippen LogP contribution in [0.1, 0.15) is 23.2 Å². The van der Waals surface area contributed by atoms with E-state index < -0.39 is 5.91 Å². The summed E-state index contributed by atoms with van der Waals surface area (Å²) in [6, 6.07) is 7.36. The van der Waals surface area contributed by atoms with E-state index in [9.17, 15) is 4.79 Å². The lowest BCUT2D eigenvalue weighted by molar-refractivity contribution is 0.0676. The van der Waals surface area contributed by atoms with Gasteiger partial charge in [-0.3, -0.25) is 9.78 Å². The molecule has 0 aliphatic carbocycles. The number of pyridine rings is 2. The highest BCUT2D eigenvalue weighted by atomic mass is 16.5. The molecule has 1 aliphatic rings. The van der Waals surface area contributed by atoms with E-state index >= 15 is 0 Å². The van der Waals surface area contributed by atoms with E-state index in [0.717, 1.165) is 53.4 Å². The predicted molar refractivity (Wildman–Crippen MR) is 106 cm³/mol. The fourth-order valence-electron chi connectivity index (χ4n) is 3.61. The Labute approximate surface area is 157 Å². The van der Waals surface area contributed by atoms with Gasteiger partial charge >= 0.3 is 0 Å². The van der Waals surface area contributed by atoms with Crippen LogP contribution in [-0.4, -0.2) is 48.2 Å². The van der Waals surface area contributed by atoms with Gasteiger partial charge in [0.1, 0.15) is 5.82 Å². The number of nitrogens with zero attached hydrogens (tertiary/aromatic N) is 3. The van der Waals surface area contributed by atoms with Crippen molar-refractivity contribution in [3.63, 3.8) is 0 Å². The van der Waals surface area contributed by atoms with E-state index in [1.807, 2.05) is 18.3 Å². The van der Waals surface area contributed by atoms with Crippen LogP contribution >= 0.6 is 0 Å². The third-order valence-corrected chi connectivity index (χ3v) is 5.01. The lowest BCUT2D eigenvalue weighted by Gasteiger charge is -2.20. The number of anilines is 1. The Balaban J connectivity index is 1.74. The standard InChI is InChI=1S/C20H23N5O2/c21-6-1-9-27-14-5-8-25(12-14)20-16-4-7-23-11-17(16)15-3-2-13(19(22)26)10-18(15)24-20/h2-4,7,10-11,14H,1,5-6,8-9,12,21H2,(H2,22,26)/t14-/m0/s1. The number of nitrogens with two attached hydrogens (primary N) is 2.